The Bertz CT molecular complexity index is 1400. The number of nitrogen functional groups attached to an aromatic ring is 1. The van der Waals surface area contributed by atoms with Crippen molar-refractivity contribution in [1.29, 1.82) is 0 Å². The van der Waals surface area contributed by atoms with Crippen molar-refractivity contribution in [2.75, 3.05) is 18.9 Å². The van der Waals surface area contributed by atoms with Gasteiger partial charge in [-0.2, -0.15) is 0 Å². The third-order valence-corrected chi connectivity index (χ3v) is 6.58. The second-order valence-electron chi connectivity index (χ2n) is 8.66. The Kier molecular flexibility index (Phi) is 5.57. The van der Waals surface area contributed by atoms with Gasteiger partial charge < -0.3 is 20.1 Å². The molecule has 0 aliphatic carbocycles. The summed E-state index contributed by atoms with van der Waals surface area (Å²) < 4.78 is 36.4. The van der Waals surface area contributed by atoms with Gasteiger partial charge in [0, 0.05) is 41.5 Å². The number of carbonyl (C=O) groups is 1. The van der Waals surface area contributed by atoms with Crippen LogP contribution in [-0.2, 0) is 4.74 Å². The number of halogens is 2. The van der Waals surface area contributed by atoms with E-state index in [0.29, 0.717) is 30.0 Å². The van der Waals surface area contributed by atoms with E-state index in [9.17, 15) is 18.7 Å². The molecule has 1 fully saturated rings. The summed E-state index contributed by atoms with van der Waals surface area (Å²) in [7, 11) is 0. The van der Waals surface area contributed by atoms with Crippen LogP contribution in [0.5, 0.6) is 0 Å². The van der Waals surface area contributed by atoms with Crippen molar-refractivity contribution in [2.45, 2.75) is 25.7 Å². The Morgan fingerprint density at radius 2 is 1.71 bits per heavy atom. The van der Waals surface area contributed by atoms with Crippen molar-refractivity contribution < 1.29 is 23.4 Å². The second-order valence-corrected chi connectivity index (χ2v) is 8.66. The van der Waals surface area contributed by atoms with E-state index in [1.54, 1.807) is 37.3 Å². The van der Waals surface area contributed by atoms with Gasteiger partial charge in [0.1, 0.15) is 11.6 Å². The fourth-order valence-corrected chi connectivity index (χ4v) is 4.88. The fraction of sp³-hybridized carbons (Fsp3) is 0.222. The van der Waals surface area contributed by atoms with Crippen LogP contribution in [0.15, 0.2) is 54.6 Å². The maximum absolute atomic E-state index is 14.7. The molecule has 7 heteroatoms. The van der Waals surface area contributed by atoms with Gasteiger partial charge in [0.2, 0.25) is 0 Å². The van der Waals surface area contributed by atoms with E-state index in [4.69, 9.17) is 10.5 Å². The van der Waals surface area contributed by atoms with Gasteiger partial charge in [0.05, 0.1) is 16.8 Å². The number of ether oxygens (including phenoxy) is 1. The largest absolute Gasteiger partial charge is 0.478 e. The molecule has 1 aliphatic heterocycles. The zero-order chi connectivity index (χ0) is 24.0. The molecule has 1 aromatic heterocycles. The summed E-state index contributed by atoms with van der Waals surface area (Å²) in [6.45, 7) is 2.90. The topological polar surface area (TPSA) is 77.5 Å². The number of nitrogens with zero attached hydrogens (tertiary/aromatic N) is 1. The molecule has 3 aromatic carbocycles. The van der Waals surface area contributed by atoms with Gasteiger partial charge in [-0.15, -0.1) is 0 Å². The van der Waals surface area contributed by atoms with Crippen molar-refractivity contribution in [2.24, 2.45) is 0 Å². The number of fused-ring (bicyclic) bond motifs is 1. The van der Waals surface area contributed by atoms with Crippen molar-refractivity contribution in [3.8, 4) is 16.8 Å². The van der Waals surface area contributed by atoms with Crippen molar-refractivity contribution in [3.63, 3.8) is 0 Å². The smallest absolute Gasteiger partial charge is 0.335 e. The van der Waals surface area contributed by atoms with Crippen molar-refractivity contribution in [3.05, 3.63) is 83.1 Å². The lowest BCUT2D eigenvalue weighted by molar-refractivity contribution is 0.0697. The Balaban J connectivity index is 1.89. The Labute approximate surface area is 195 Å². The lowest BCUT2D eigenvalue weighted by Gasteiger charge is -2.26. The molecule has 34 heavy (non-hydrogen) atoms. The number of rotatable bonds is 4. The number of benzene rings is 3. The summed E-state index contributed by atoms with van der Waals surface area (Å²) in [4.78, 5) is 11.4. The fourth-order valence-electron chi connectivity index (χ4n) is 4.88. The number of hydrogen-bond acceptors (Lipinski definition) is 3. The van der Waals surface area contributed by atoms with Crippen LogP contribution in [-0.4, -0.2) is 28.9 Å². The first-order valence-electron chi connectivity index (χ1n) is 11.2. The van der Waals surface area contributed by atoms with Crippen LogP contribution in [0.4, 0.5) is 14.5 Å². The van der Waals surface area contributed by atoms with Crippen LogP contribution in [0.2, 0.25) is 0 Å². The van der Waals surface area contributed by atoms with E-state index in [2.05, 4.69) is 0 Å². The zero-order valence-electron chi connectivity index (χ0n) is 18.6. The standard InChI is InChI=1S/C27H24F2N2O3/c1-15-14-18(4-8-21(15)28)23-20-7-9-22(29)24(30)26(20)31(25(23)16-10-12-34-13-11-16)19-5-2-17(3-6-19)27(32)33/h2-9,14,16H,10-13,30H2,1H3,(H,32,33). The molecule has 0 radical (unpaired) electrons. The summed E-state index contributed by atoms with van der Waals surface area (Å²) in [5.41, 5.74) is 10.8. The minimum Gasteiger partial charge on any atom is -0.478 e. The molecule has 0 amide bonds. The van der Waals surface area contributed by atoms with E-state index in [1.807, 2.05) is 4.57 Å². The van der Waals surface area contributed by atoms with Crippen LogP contribution in [0.3, 0.4) is 0 Å². The first-order valence-corrected chi connectivity index (χ1v) is 11.2. The van der Waals surface area contributed by atoms with Crippen LogP contribution in [0.25, 0.3) is 27.7 Å². The highest BCUT2D eigenvalue weighted by molar-refractivity contribution is 6.05. The Morgan fingerprint density at radius 3 is 2.35 bits per heavy atom. The predicted molar refractivity (Wildman–Crippen MR) is 128 cm³/mol. The summed E-state index contributed by atoms with van der Waals surface area (Å²) in [6, 6.07) is 14.5. The molecule has 1 saturated heterocycles. The maximum atomic E-state index is 14.7. The van der Waals surface area contributed by atoms with Gasteiger partial charge in [0.25, 0.3) is 0 Å². The highest BCUT2D eigenvalue weighted by Crippen LogP contribution is 2.45. The lowest BCUT2D eigenvalue weighted by Crippen LogP contribution is -2.17. The molecule has 2 heterocycles. The van der Waals surface area contributed by atoms with Crippen molar-refractivity contribution in [1.82, 2.24) is 4.57 Å². The highest BCUT2D eigenvalue weighted by Gasteiger charge is 2.29. The molecule has 0 spiro atoms. The monoisotopic (exact) mass is 462 g/mol. The van der Waals surface area contributed by atoms with Gasteiger partial charge in [-0.05, 0) is 79.4 Å². The summed E-state index contributed by atoms with van der Waals surface area (Å²) in [5.74, 6) is -1.77. The van der Waals surface area contributed by atoms with Crippen LogP contribution in [0, 0.1) is 18.6 Å². The molecule has 174 valence electrons. The van der Waals surface area contributed by atoms with E-state index in [1.165, 1.54) is 24.3 Å². The molecule has 0 bridgehead atoms. The number of hydrogen-bond donors (Lipinski definition) is 2. The number of nitrogens with two attached hydrogens (primary N) is 1. The number of carboxylic acids is 1. The second kappa shape index (κ2) is 8.57. The average Bonchev–Trinajstić information content (AvgIpc) is 3.19. The van der Waals surface area contributed by atoms with E-state index in [0.717, 1.165) is 35.0 Å². The van der Waals surface area contributed by atoms with Crippen molar-refractivity contribution >= 4 is 22.6 Å². The summed E-state index contributed by atoms with van der Waals surface area (Å²) >= 11 is 0. The molecular weight excluding hydrogens is 438 g/mol. The first-order chi connectivity index (χ1) is 16.4. The highest BCUT2D eigenvalue weighted by atomic mass is 19.1. The number of aromatic nitrogens is 1. The van der Waals surface area contributed by atoms with Gasteiger partial charge in [-0.3, -0.25) is 0 Å². The Morgan fingerprint density at radius 1 is 1.03 bits per heavy atom. The number of carboxylic acid groups (broad SMARTS) is 1. The Hall–Kier alpha value is -3.71. The van der Waals surface area contributed by atoms with Crippen LogP contribution < -0.4 is 5.73 Å². The third kappa shape index (κ3) is 3.62. The SMILES string of the molecule is Cc1cc(-c2c(C3CCOCC3)n(-c3ccc(C(=O)O)cc3)c3c(N)c(F)ccc23)ccc1F. The predicted octanol–water partition coefficient (Wildman–Crippen LogP) is 6.06. The quantitative estimate of drug-likeness (QED) is 0.362. The van der Waals surface area contributed by atoms with Gasteiger partial charge in [-0.25, -0.2) is 13.6 Å². The molecule has 4 aromatic rings. The molecule has 1 aliphatic rings. The first kappa shape index (κ1) is 22.1. The van der Waals surface area contributed by atoms with E-state index < -0.39 is 11.8 Å². The molecular formula is C27H24F2N2O3. The third-order valence-electron chi connectivity index (χ3n) is 6.58. The maximum Gasteiger partial charge on any atom is 0.335 e. The average molecular weight is 462 g/mol. The number of aryl methyl sites for hydroxylation is 1. The van der Waals surface area contributed by atoms with Gasteiger partial charge in [-0.1, -0.05) is 6.07 Å². The minimum absolute atomic E-state index is 0.0122. The minimum atomic E-state index is -1.03. The molecule has 0 saturated carbocycles. The van der Waals surface area contributed by atoms with E-state index in [-0.39, 0.29) is 23.0 Å². The zero-order valence-corrected chi connectivity index (χ0v) is 18.6. The lowest BCUT2D eigenvalue weighted by atomic mass is 9.89. The molecule has 5 nitrogen and oxygen atoms in total. The van der Waals surface area contributed by atoms with Gasteiger partial charge >= 0.3 is 5.97 Å². The summed E-state index contributed by atoms with van der Waals surface area (Å²) in [6.07, 6.45) is 1.53. The number of anilines is 1. The number of aromatic carboxylic acids is 1. The van der Waals surface area contributed by atoms with Crippen LogP contribution >= 0.6 is 0 Å². The molecule has 0 atom stereocenters. The summed E-state index contributed by atoms with van der Waals surface area (Å²) in [5, 5.41) is 10.1. The van der Waals surface area contributed by atoms with E-state index >= 15 is 0 Å². The molecule has 3 N–H and O–H groups in total. The molecule has 5 rings (SSSR count). The molecule has 0 unspecified atom stereocenters. The van der Waals surface area contributed by atoms with Crippen LogP contribution in [0.1, 0.15) is 40.4 Å². The van der Waals surface area contributed by atoms with Gasteiger partial charge in [0.15, 0.2) is 0 Å². The normalized spacial score (nSPS) is 14.6.